The second-order valence-electron chi connectivity index (χ2n) is 30.7. The van der Waals surface area contributed by atoms with E-state index in [4.69, 9.17) is 20.2 Å². The van der Waals surface area contributed by atoms with Crippen LogP contribution in [0.25, 0.3) is 22.3 Å². The summed E-state index contributed by atoms with van der Waals surface area (Å²) in [5, 5.41) is 113. The SMILES string of the molecule is CCc1c2c(nc3ccc(O)cc13)-c1cc3c(c(=O)n1C2)COC(=O)[C@@]3(CC)OC(=O)CSC(C)(C)C(NC(C)=O)C(=O)NC(CCCCNC(=O)CN(CCN(CCN(CC(=O)O)CC(=O)O)CC(=O)O)CC(=O)O)C(=O)NC(Cc1ccc(O)cc1)C(=O)NC(CCCCNC(=O)CN(CCN(CCN(CC(=O)O)CC(=O)O)CC(=O)O)CC(=O)O)C(N)=O. The lowest BCUT2D eigenvalue weighted by atomic mass is 9.85. The summed E-state index contributed by atoms with van der Waals surface area (Å²) in [5.41, 5.74) is 6.30. The Morgan fingerprint density at radius 2 is 0.976 bits per heavy atom. The number of carboxylic acid groups (broad SMARTS) is 8. The zero-order chi connectivity index (χ0) is 93.4. The van der Waals surface area contributed by atoms with Crippen molar-refractivity contribution in [2.24, 2.45) is 5.73 Å². The normalized spacial score (nSPS) is 14.4. The van der Waals surface area contributed by atoms with E-state index in [0.29, 0.717) is 39.8 Å². The molecular weight excluding hydrogens is 1680 g/mol. The number of aromatic hydroxyl groups is 2. The van der Waals surface area contributed by atoms with Gasteiger partial charge in [0.25, 0.3) is 5.56 Å². The molecule has 2 aromatic heterocycles. The van der Waals surface area contributed by atoms with E-state index in [-0.39, 0.29) is 146 Å². The predicted molar refractivity (Wildman–Crippen MR) is 444 cm³/mol. The van der Waals surface area contributed by atoms with Gasteiger partial charge in [0.15, 0.2) is 0 Å². The Hall–Kier alpha value is -12.5. The van der Waals surface area contributed by atoms with Gasteiger partial charge in [-0.3, -0.25) is 111 Å². The van der Waals surface area contributed by atoms with Gasteiger partial charge in [0, 0.05) is 100 Å². The Morgan fingerprint density at radius 1 is 0.548 bits per heavy atom. The fourth-order valence-electron chi connectivity index (χ4n) is 14.4. The molecule has 0 saturated heterocycles. The number of phenolic OH excluding ortho intramolecular Hbond substituents is 2. The van der Waals surface area contributed by atoms with Crippen molar-refractivity contribution in [2.75, 3.05) is 137 Å². The van der Waals surface area contributed by atoms with Gasteiger partial charge < -0.3 is 103 Å². The van der Waals surface area contributed by atoms with Gasteiger partial charge >= 0.3 is 59.7 Å². The van der Waals surface area contributed by atoms with Crippen LogP contribution < -0.4 is 43.2 Å². The van der Waals surface area contributed by atoms with Gasteiger partial charge in [-0.2, -0.15) is 0 Å². The Balaban J connectivity index is 1.21. The number of ether oxygens (including phenoxy) is 2. The second kappa shape index (κ2) is 48.7. The second-order valence-corrected chi connectivity index (χ2v) is 32.4. The number of thioether (sulfide) groups is 1. The van der Waals surface area contributed by atoms with Crippen LogP contribution in [0.5, 0.6) is 11.5 Å². The number of fused-ring (bicyclic) bond motifs is 5. The molecule has 126 heavy (non-hydrogen) atoms. The van der Waals surface area contributed by atoms with Gasteiger partial charge in [-0.1, -0.05) is 26.0 Å². The Labute approximate surface area is 725 Å². The lowest BCUT2D eigenvalue weighted by molar-refractivity contribution is -0.188. The number of primary amides is 1. The molecule has 4 aromatic rings. The van der Waals surface area contributed by atoms with Crippen molar-refractivity contribution in [2.45, 2.75) is 140 Å². The van der Waals surface area contributed by atoms with Crippen LogP contribution in [0.15, 0.2) is 53.3 Å². The third kappa shape index (κ3) is 32.2. The summed E-state index contributed by atoms with van der Waals surface area (Å²) in [7, 11) is 0. The van der Waals surface area contributed by atoms with Crippen molar-refractivity contribution in [3.8, 4) is 22.9 Å². The van der Waals surface area contributed by atoms with E-state index in [0.717, 1.165) is 34.0 Å². The molecule has 0 bridgehead atoms. The molecular formula is C80H109N15O30S. The standard InChI is InChI=1S/C80H109N15O30S/c1-6-50-51-31-49(98)18-19-55(51)85-71-52(50)33-95-59(71)32-54-53(77(95)122)44-124-78(123)80(54,7-2)125-70(117)45-126-79(4,5)72(84-46(3)96)76(121)87-57(13-9-11-21-83-61(100)35-92(39-65(107)108)27-23-90(37-63(103)104)25-29-94(42-68(113)114)43-69(115)116)74(119)88-58(30-47-14-16-48(97)17-15-47)75(120)86-56(73(81)118)12-8-10-20-82-60(99)34-91(38-64(105)106)26-22-89(36-62(101)102)24-28-93(40-66(109)110)41-67(111)112/h14-19,31-32,56-58,72,97-98H,6-13,20-30,33-45H2,1-5H3,(H2,81,118)(H,82,99)(H,83,100)(H,84,96)(H,86,120)(H,87,121)(H,88,119)(H,101,102)(H,103,104)(H,105,106)(H,107,108)(H,109,110)(H,111,112)(H,113,114)(H,115,116)/t56?,57?,58?,72?,80-/m0/s1. The quantitative estimate of drug-likeness (QED) is 0.0135. The number of aromatic nitrogens is 2. The predicted octanol–water partition coefficient (Wildman–Crippen LogP) is -3.14. The van der Waals surface area contributed by atoms with Crippen LogP contribution in [0.3, 0.4) is 0 Å². The molecule has 2 aliphatic heterocycles. The van der Waals surface area contributed by atoms with Crippen molar-refractivity contribution in [1.29, 1.82) is 0 Å². The number of nitrogens with zero attached hydrogens (tertiary/aromatic N) is 8. The number of phenols is 2. The summed E-state index contributed by atoms with van der Waals surface area (Å²) in [6, 6.07) is 5.18. The van der Waals surface area contributed by atoms with Crippen LogP contribution >= 0.6 is 11.8 Å². The van der Waals surface area contributed by atoms with Gasteiger partial charge in [-0.05, 0) is 113 Å². The van der Waals surface area contributed by atoms with Crippen molar-refractivity contribution < 1.29 is 142 Å². The van der Waals surface area contributed by atoms with E-state index < -0.39 is 219 Å². The summed E-state index contributed by atoms with van der Waals surface area (Å²) >= 11 is 0.772. The molecule has 5 atom stereocenters. The summed E-state index contributed by atoms with van der Waals surface area (Å²) in [4.78, 5) is 246. The highest BCUT2D eigenvalue weighted by atomic mass is 32.2. The number of hydrogen-bond donors (Lipinski definition) is 17. The van der Waals surface area contributed by atoms with Gasteiger partial charge in [0.2, 0.25) is 47.0 Å². The molecule has 4 heterocycles. The first-order valence-corrected chi connectivity index (χ1v) is 41.2. The molecule has 4 unspecified atom stereocenters. The number of nitrogens with one attached hydrogen (secondary N) is 6. The molecule has 7 amide bonds. The molecule has 2 aromatic carbocycles. The van der Waals surface area contributed by atoms with E-state index in [9.17, 15) is 128 Å². The smallest absolute Gasteiger partial charge is 0.355 e. The lowest BCUT2D eigenvalue weighted by Gasteiger charge is -2.37. The van der Waals surface area contributed by atoms with Gasteiger partial charge in [-0.25, -0.2) is 9.78 Å². The summed E-state index contributed by atoms with van der Waals surface area (Å²) in [5.74, 6) is -20.0. The number of cyclic esters (lactones) is 1. The molecule has 45 nitrogen and oxygen atoms in total. The molecule has 46 heteroatoms. The highest BCUT2D eigenvalue weighted by Gasteiger charge is 2.51. The minimum absolute atomic E-state index is 0.00769. The number of aryl methyl sites for hydroxylation is 1. The number of nitrogens with two attached hydrogens (primary N) is 1. The Kier molecular flexibility index (Phi) is 39.5. The van der Waals surface area contributed by atoms with E-state index in [2.05, 4.69) is 31.9 Å². The largest absolute Gasteiger partial charge is 0.508 e. The van der Waals surface area contributed by atoms with Crippen LogP contribution in [0.1, 0.15) is 107 Å². The number of carbonyl (C=O) groups excluding carboxylic acids is 9. The Morgan fingerprint density at radius 3 is 1.43 bits per heavy atom. The fourth-order valence-corrected chi connectivity index (χ4v) is 15.3. The van der Waals surface area contributed by atoms with Crippen LogP contribution in [0.2, 0.25) is 0 Å². The van der Waals surface area contributed by atoms with Crippen LogP contribution in [0.4, 0.5) is 0 Å². The molecule has 0 radical (unpaired) electrons. The zero-order valence-electron chi connectivity index (χ0n) is 70.3. The first-order valence-electron chi connectivity index (χ1n) is 40.2. The minimum atomic E-state index is -2.20. The Bertz CT molecular complexity index is 4690. The number of unbranched alkanes of at least 4 members (excludes halogenated alkanes) is 2. The number of amides is 7. The summed E-state index contributed by atoms with van der Waals surface area (Å²) < 4.78 is 11.6. The van der Waals surface area contributed by atoms with Crippen LogP contribution in [-0.2, 0) is 123 Å². The number of carboxylic acids is 8. The number of esters is 2. The number of pyridine rings is 2. The molecule has 690 valence electrons. The van der Waals surface area contributed by atoms with Crippen molar-refractivity contribution in [3.63, 3.8) is 0 Å². The number of benzene rings is 2. The van der Waals surface area contributed by atoms with Crippen LogP contribution in [-0.4, -0.2) is 357 Å². The van der Waals surface area contributed by atoms with E-state index >= 15 is 9.59 Å². The molecule has 0 fully saturated rings. The maximum Gasteiger partial charge on any atom is 0.355 e. The zero-order valence-corrected chi connectivity index (χ0v) is 71.1. The topological polar surface area (TPSA) is 663 Å². The van der Waals surface area contributed by atoms with E-state index in [1.54, 1.807) is 18.2 Å². The maximum atomic E-state index is 15.1. The average molecular weight is 1790 g/mol. The average Bonchev–Trinajstić information content (AvgIpc) is 1.31. The summed E-state index contributed by atoms with van der Waals surface area (Å²) in [6.07, 6.45) is -0.452. The minimum Gasteiger partial charge on any atom is -0.508 e. The third-order valence-corrected chi connectivity index (χ3v) is 21.9. The van der Waals surface area contributed by atoms with Gasteiger partial charge in [-0.15, -0.1) is 11.8 Å². The lowest BCUT2D eigenvalue weighted by Crippen LogP contribution is -2.61. The maximum absolute atomic E-state index is 15.1. The van der Waals surface area contributed by atoms with Gasteiger partial charge in [0.1, 0.15) is 42.3 Å². The highest BCUT2D eigenvalue weighted by molar-refractivity contribution is 8.01. The van der Waals surface area contributed by atoms with E-state index in [1.165, 1.54) is 75.3 Å². The highest BCUT2D eigenvalue weighted by Crippen LogP contribution is 2.43. The number of hydrogen-bond acceptors (Lipinski definition) is 30. The molecule has 18 N–H and O–H groups in total. The number of carbonyl (C=O) groups is 17. The number of rotatable bonds is 59. The van der Waals surface area contributed by atoms with Crippen molar-refractivity contribution >= 4 is 124 Å². The van der Waals surface area contributed by atoms with Crippen LogP contribution in [0, 0.1) is 0 Å². The third-order valence-electron chi connectivity index (χ3n) is 20.6. The fraction of sp³-hybridized carbons (Fsp3) is 0.537. The molecule has 2 aliphatic rings. The first kappa shape index (κ1) is 102. The van der Waals surface area contributed by atoms with Crippen molar-refractivity contribution in [1.82, 2.24) is 70.9 Å². The molecule has 6 rings (SSSR count). The molecule has 0 saturated carbocycles. The molecule has 0 spiro atoms. The van der Waals surface area contributed by atoms with Gasteiger partial charge in [0.05, 0.1) is 100 Å². The monoisotopic (exact) mass is 1790 g/mol. The van der Waals surface area contributed by atoms with E-state index in [1.807, 2.05) is 6.92 Å². The summed E-state index contributed by atoms with van der Waals surface area (Å²) in [6.45, 7) is -1.15. The molecule has 0 aliphatic carbocycles. The van der Waals surface area contributed by atoms with Crippen molar-refractivity contribution in [3.05, 3.63) is 86.7 Å². The first-order chi connectivity index (χ1) is 59.4. The number of aliphatic carboxylic acids is 8.